The Balaban J connectivity index is 2.02. The molecule has 1 aromatic heterocycles. The zero-order valence-electron chi connectivity index (χ0n) is 11.4. The number of carbonyl (C=O) groups is 1. The van der Waals surface area contributed by atoms with Crippen molar-refractivity contribution >= 4 is 11.7 Å². The van der Waals surface area contributed by atoms with Crippen molar-refractivity contribution in [1.29, 1.82) is 0 Å². The molecule has 0 aliphatic carbocycles. The number of carbonyl (C=O) groups excluding carboxylic acids is 1. The lowest BCUT2D eigenvalue weighted by Gasteiger charge is -2.08. The second-order valence-corrected chi connectivity index (χ2v) is 4.41. The number of anilines is 1. The van der Waals surface area contributed by atoms with E-state index in [1.807, 2.05) is 12.1 Å². The van der Waals surface area contributed by atoms with Crippen LogP contribution in [0, 0.1) is 0 Å². The van der Waals surface area contributed by atoms with E-state index >= 15 is 0 Å². The first-order chi connectivity index (χ1) is 9.60. The fourth-order valence-electron chi connectivity index (χ4n) is 1.78. The fraction of sp³-hybridized carbons (Fsp3) is 0.200. The molecule has 5 heteroatoms. The summed E-state index contributed by atoms with van der Waals surface area (Å²) in [5.41, 5.74) is 2.38. The van der Waals surface area contributed by atoms with Gasteiger partial charge in [0.1, 0.15) is 0 Å². The van der Waals surface area contributed by atoms with Crippen LogP contribution >= 0.6 is 0 Å². The van der Waals surface area contributed by atoms with E-state index in [2.05, 4.69) is 10.1 Å². The summed E-state index contributed by atoms with van der Waals surface area (Å²) >= 11 is 0. The van der Waals surface area contributed by atoms with E-state index in [0.717, 1.165) is 11.3 Å². The molecule has 0 bridgehead atoms. The smallest absolute Gasteiger partial charge is 0.337 e. The Labute approximate surface area is 116 Å². The van der Waals surface area contributed by atoms with E-state index in [1.165, 1.54) is 17.7 Å². The summed E-state index contributed by atoms with van der Waals surface area (Å²) in [4.78, 5) is 22.6. The predicted octanol–water partition coefficient (Wildman–Crippen LogP) is 1.78. The molecule has 0 saturated carbocycles. The van der Waals surface area contributed by atoms with Crippen molar-refractivity contribution in [2.75, 3.05) is 12.4 Å². The molecule has 0 aliphatic heterocycles. The summed E-state index contributed by atoms with van der Waals surface area (Å²) in [6.07, 6.45) is 1.74. The van der Waals surface area contributed by atoms with Gasteiger partial charge in [-0.2, -0.15) is 0 Å². The molecule has 0 unspecified atom stereocenters. The van der Waals surface area contributed by atoms with Gasteiger partial charge in [0, 0.05) is 25.9 Å². The monoisotopic (exact) mass is 272 g/mol. The molecule has 5 nitrogen and oxygen atoms in total. The number of aromatic nitrogens is 1. The van der Waals surface area contributed by atoms with E-state index in [0.29, 0.717) is 12.1 Å². The minimum Gasteiger partial charge on any atom is -0.465 e. The highest BCUT2D eigenvalue weighted by Gasteiger charge is 2.04. The maximum Gasteiger partial charge on any atom is 0.337 e. The van der Waals surface area contributed by atoms with Crippen molar-refractivity contribution in [3.63, 3.8) is 0 Å². The number of methoxy groups -OCH3 is 1. The normalized spacial score (nSPS) is 10.1. The Bertz CT molecular complexity index is 660. The van der Waals surface area contributed by atoms with E-state index in [9.17, 15) is 9.59 Å². The number of rotatable bonds is 4. The highest BCUT2D eigenvalue weighted by molar-refractivity contribution is 5.89. The maximum absolute atomic E-state index is 11.3. The second kappa shape index (κ2) is 6.06. The molecule has 1 heterocycles. The average Bonchev–Trinajstić information content (AvgIpc) is 2.48. The molecule has 0 atom stereocenters. The van der Waals surface area contributed by atoms with Crippen LogP contribution in [0.15, 0.2) is 47.4 Å². The molecule has 0 amide bonds. The summed E-state index contributed by atoms with van der Waals surface area (Å²) in [6, 6.07) is 10.4. The molecular weight excluding hydrogens is 256 g/mol. The van der Waals surface area contributed by atoms with Crippen LogP contribution < -0.4 is 10.9 Å². The molecule has 2 rings (SSSR count). The third-order valence-corrected chi connectivity index (χ3v) is 2.96. The van der Waals surface area contributed by atoms with Gasteiger partial charge >= 0.3 is 5.97 Å². The zero-order chi connectivity index (χ0) is 14.5. The minimum atomic E-state index is -0.345. The minimum absolute atomic E-state index is 0.0435. The Hall–Kier alpha value is -2.56. The molecule has 0 spiro atoms. The van der Waals surface area contributed by atoms with Gasteiger partial charge in [0.05, 0.1) is 18.4 Å². The summed E-state index contributed by atoms with van der Waals surface area (Å²) in [5, 5.41) is 3.22. The summed E-state index contributed by atoms with van der Waals surface area (Å²) in [5.74, 6) is -0.345. The molecule has 0 fully saturated rings. The van der Waals surface area contributed by atoms with Gasteiger partial charge in [-0.1, -0.05) is 12.1 Å². The number of hydrogen-bond acceptors (Lipinski definition) is 4. The van der Waals surface area contributed by atoms with Crippen molar-refractivity contribution in [3.05, 3.63) is 64.1 Å². The van der Waals surface area contributed by atoms with Gasteiger partial charge < -0.3 is 14.6 Å². The Kier molecular flexibility index (Phi) is 4.20. The van der Waals surface area contributed by atoms with Gasteiger partial charge in [0.2, 0.25) is 5.56 Å². The highest BCUT2D eigenvalue weighted by Crippen LogP contribution is 2.09. The second-order valence-electron chi connectivity index (χ2n) is 4.41. The van der Waals surface area contributed by atoms with Gasteiger partial charge in [-0.15, -0.1) is 0 Å². The van der Waals surface area contributed by atoms with Crippen molar-refractivity contribution < 1.29 is 9.53 Å². The van der Waals surface area contributed by atoms with Crippen LogP contribution in [-0.2, 0) is 18.3 Å². The lowest BCUT2D eigenvalue weighted by Crippen LogP contribution is -2.15. The van der Waals surface area contributed by atoms with Gasteiger partial charge in [-0.25, -0.2) is 4.79 Å². The summed E-state index contributed by atoms with van der Waals surface area (Å²) in [7, 11) is 3.07. The summed E-state index contributed by atoms with van der Waals surface area (Å²) in [6.45, 7) is 0.611. The van der Waals surface area contributed by atoms with Crippen molar-refractivity contribution in [2.45, 2.75) is 6.54 Å². The number of nitrogens with zero attached hydrogens (tertiary/aromatic N) is 1. The first-order valence-corrected chi connectivity index (χ1v) is 6.18. The third-order valence-electron chi connectivity index (χ3n) is 2.96. The SMILES string of the molecule is COC(=O)c1ccc(CNc2ccc(=O)n(C)c2)cc1. The van der Waals surface area contributed by atoms with Crippen molar-refractivity contribution in [3.8, 4) is 0 Å². The first-order valence-electron chi connectivity index (χ1n) is 6.18. The number of esters is 1. The van der Waals surface area contributed by atoms with E-state index in [-0.39, 0.29) is 11.5 Å². The van der Waals surface area contributed by atoms with Crippen LogP contribution in [0.25, 0.3) is 0 Å². The van der Waals surface area contributed by atoms with Crippen LogP contribution in [0.1, 0.15) is 15.9 Å². The lowest BCUT2D eigenvalue weighted by molar-refractivity contribution is 0.0600. The number of hydrogen-bond donors (Lipinski definition) is 1. The first kappa shape index (κ1) is 13.9. The van der Waals surface area contributed by atoms with Crippen LogP contribution in [0.4, 0.5) is 5.69 Å². The number of aryl methyl sites for hydroxylation is 1. The standard InChI is InChI=1S/C15H16N2O3/c1-17-10-13(7-8-14(17)18)16-9-11-3-5-12(6-4-11)15(19)20-2/h3-8,10,16H,9H2,1-2H3. The highest BCUT2D eigenvalue weighted by atomic mass is 16.5. The molecule has 0 saturated heterocycles. The number of benzene rings is 1. The largest absolute Gasteiger partial charge is 0.465 e. The topological polar surface area (TPSA) is 60.3 Å². The van der Waals surface area contributed by atoms with Crippen molar-refractivity contribution in [2.24, 2.45) is 7.05 Å². The Morgan fingerprint density at radius 1 is 1.20 bits per heavy atom. The molecule has 1 aromatic carbocycles. The third kappa shape index (κ3) is 3.26. The zero-order valence-corrected chi connectivity index (χ0v) is 11.4. The molecule has 104 valence electrons. The number of nitrogens with one attached hydrogen (secondary N) is 1. The van der Waals surface area contributed by atoms with E-state index < -0.39 is 0 Å². The Morgan fingerprint density at radius 2 is 1.90 bits per heavy atom. The quantitative estimate of drug-likeness (QED) is 0.862. The molecule has 2 aromatic rings. The molecule has 1 N–H and O–H groups in total. The van der Waals surface area contributed by atoms with Crippen LogP contribution in [0.5, 0.6) is 0 Å². The van der Waals surface area contributed by atoms with Gasteiger partial charge in [-0.3, -0.25) is 4.79 Å². The van der Waals surface area contributed by atoms with Gasteiger partial charge in [0.15, 0.2) is 0 Å². The maximum atomic E-state index is 11.3. The summed E-state index contributed by atoms with van der Waals surface area (Å²) < 4.78 is 6.16. The molecule has 0 aliphatic rings. The van der Waals surface area contributed by atoms with Crippen molar-refractivity contribution in [1.82, 2.24) is 4.57 Å². The lowest BCUT2D eigenvalue weighted by atomic mass is 10.1. The number of ether oxygens (including phenoxy) is 1. The van der Waals surface area contributed by atoms with Crippen LogP contribution in [0.3, 0.4) is 0 Å². The Morgan fingerprint density at radius 3 is 2.50 bits per heavy atom. The van der Waals surface area contributed by atoms with Crippen LogP contribution in [0.2, 0.25) is 0 Å². The number of pyridine rings is 1. The average molecular weight is 272 g/mol. The van der Waals surface area contributed by atoms with E-state index in [1.54, 1.807) is 31.4 Å². The van der Waals surface area contributed by atoms with Gasteiger partial charge in [-0.05, 0) is 23.8 Å². The fourth-order valence-corrected chi connectivity index (χ4v) is 1.78. The van der Waals surface area contributed by atoms with E-state index in [4.69, 9.17) is 0 Å². The molecule has 0 radical (unpaired) electrons. The van der Waals surface area contributed by atoms with Crippen LogP contribution in [-0.4, -0.2) is 17.6 Å². The molecular formula is C15H16N2O3. The predicted molar refractivity (Wildman–Crippen MR) is 76.8 cm³/mol. The van der Waals surface area contributed by atoms with Gasteiger partial charge in [0.25, 0.3) is 0 Å². The molecule has 20 heavy (non-hydrogen) atoms.